The van der Waals surface area contributed by atoms with Crippen LogP contribution in [-0.2, 0) is 16.6 Å². The second-order valence-electron chi connectivity index (χ2n) is 5.19. The largest absolute Gasteiger partial charge is 0.355 e. The van der Waals surface area contributed by atoms with Crippen molar-refractivity contribution in [3.05, 3.63) is 66.0 Å². The fourth-order valence-corrected chi connectivity index (χ4v) is 3.11. The molecule has 0 aliphatic rings. The first-order valence-electron chi connectivity index (χ1n) is 7.75. The second kappa shape index (κ2) is 11.1. The van der Waals surface area contributed by atoms with Gasteiger partial charge >= 0.3 is 0 Å². The zero-order valence-corrected chi connectivity index (χ0v) is 17.4. The molecule has 0 saturated carbocycles. The van der Waals surface area contributed by atoms with Gasteiger partial charge in [-0.25, -0.2) is 17.5 Å². The summed E-state index contributed by atoms with van der Waals surface area (Å²) in [5.41, 5.74) is 0.911. The van der Waals surface area contributed by atoms with Crippen LogP contribution >= 0.6 is 24.0 Å². The Hall–Kier alpha value is -1.72. The Bertz CT molecular complexity index is 799. The maximum atomic E-state index is 12.9. The van der Waals surface area contributed by atoms with Gasteiger partial charge in [-0.15, -0.1) is 24.0 Å². The minimum Gasteiger partial charge on any atom is -0.355 e. The highest BCUT2D eigenvalue weighted by molar-refractivity contribution is 14.0. The summed E-state index contributed by atoms with van der Waals surface area (Å²) in [7, 11) is -1.89. The van der Waals surface area contributed by atoms with Gasteiger partial charge in [-0.05, 0) is 29.8 Å². The van der Waals surface area contributed by atoms with Crippen LogP contribution in [0.25, 0.3) is 0 Å². The van der Waals surface area contributed by atoms with Crippen molar-refractivity contribution in [3.8, 4) is 0 Å². The molecule has 142 valence electrons. The topological polar surface area (TPSA) is 82.6 Å². The predicted molar refractivity (Wildman–Crippen MR) is 112 cm³/mol. The normalized spacial score (nSPS) is 11.5. The van der Waals surface area contributed by atoms with Crippen LogP contribution < -0.4 is 15.4 Å². The molecule has 9 heteroatoms. The van der Waals surface area contributed by atoms with E-state index in [-0.39, 0.29) is 41.2 Å². The van der Waals surface area contributed by atoms with E-state index in [1.165, 1.54) is 12.1 Å². The maximum absolute atomic E-state index is 12.9. The molecule has 0 aliphatic heterocycles. The van der Waals surface area contributed by atoms with Gasteiger partial charge in [0.15, 0.2) is 5.96 Å². The first-order chi connectivity index (χ1) is 12.0. The van der Waals surface area contributed by atoms with Crippen molar-refractivity contribution in [3.63, 3.8) is 0 Å². The van der Waals surface area contributed by atoms with Gasteiger partial charge in [0.25, 0.3) is 0 Å². The average Bonchev–Trinajstić information content (AvgIpc) is 2.63. The number of hydrogen-bond donors (Lipinski definition) is 3. The zero-order chi connectivity index (χ0) is 18.1. The Morgan fingerprint density at radius 3 is 2.27 bits per heavy atom. The number of hydrogen-bond acceptors (Lipinski definition) is 3. The lowest BCUT2D eigenvalue weighted by molar-refractivity contribution is 0.580. The molecule has 26 heavy (non-hydrogen) atoms. The number of halogens is 2. The standard InChI is InChI=1S/C17H21FN4O2S.HI/c1-19-17(21-13-14-7-9-15(18)10-8-14)20-11-12-22-25(23,24)16-5-3-2-4-6-16;/h2-10,22H,11-13H2,1H3,(H2,19,20,21);1H. The van der Waals surface area contributed by atoms with Crippen molar-refractivity contribution in [1.82, 2.24) is 15.4 Å². The lowest BCUT2D eigenvalue weighted by Crippen LogP contribution is -2.41. The molecule has 3 N–H and O–H groups in total. The van der Waals surface area contributed by atoms with Crippen LogP contribution in [0.5, 0.6) is 0 Å². The van der Waals surface area contributed by atoms with Gasteiger partial charge in [0.1, 0.15) is 5.82 Å². The van der Waals surface area contributed by atoms with E-state index in [2.05, 4.69) is 20.3 Å². The van der Waals surface area contributed by atoms with E-state index >= 15 is 0 Å². The Labute approximate surface area is 170 Å². The van der Waals surface area contributed by atoms with Crippen molar-refractivity contribution in [2.75, 3.05) is 20.1 Å². The van der Waals surface area contributed by atoms with Gasteiger partial charge in [0, 0.05) is 26.7 Å². The minimum absolute atomic E-state index is 0. The first-order valence-corrected chi connectivity index (χ1v) is 9.23. The second-order valence-corrected chi connectivity index (χ2v) is 6.96. The van der Waals surface area contributed by atoms with Crippen LogP contribution in [0.15, 0.2) is 64.5 Å². The van der Waals surface area contributed by atoms with Gasteiger partial charge in [-0.3, -0.25) is 4.99 Å². The number of aliphatic imine (C=N–C) groups is 1. The van der Waals surface area contributed by atoms with Crippen LogP contribution in [0.2, 0.25) is 0 Å². The van der Waals surface area contributed by atoms with E-state index in [0.29, 0.717) is 19.0 Å². The van der Waals surface area contributed by atoms with Gasteiger partial charge in [0.2, 0.25) is 10.0 Å². The molecule has 6 nitrogen and oxygen atoms in total. The molecule has 0 amide bonds. The molecule has 0 aromatic heterocycles. The number of nitrogens with one attached hydrogen (secondary N) is 3. The van der Waals surface area contributed by atoms with E-state index in [4.69, 9.17) is 0 Å². The van der Waals surface area contributed by atoms with Crippen molar-refractivity contribution in [2.24, 2.45) is 4.99 Å². The molecule has 0 spiro atoms. The fourth-order valence-electron chi connectivity index (χ4n) is 2.06. The van der Waals surface area contributed by atoms with Crippen LogP contribution in [0.3, 0.4) is 0 Å². The molecule has 0 heterocycles. The third kappa shape index (κ3) is 7.26. The SMILES string of the molecule is CN=C(NCCNS(=O)(=O)c1ccccc1)NCc1ccc(F)cc1.I. The summed E-state index contributed by atoms with van der Waals surface area (Å²) < 4.78 is 39.5. The zero-order valence-electron chi connectivity index (χ0n) is 14.3. The highest BCUT2D eigenvalue weighted by Crippen LogP contribution is 2.06. The molecule has 2 rings (SSSR count). The Morgan fingerprint density at radius 1 is 1.00 bits per heavy atom. The van der Waals surface area contributed by atoms with Crippen LogP contribution in [0.1, 0.15) is 5.56 Å². The molecule has 0 atom stereocenters. The van der Waals surface area contributed by atoms with Crippen LogP contribution in [0, 0.1) is 5.82 Å². The van der Waals surface area contributed by atoms with E-state index in [9.17, 15) is 12.8 Å². The van der Waals surface area contributed by atoms with Crippen molar-refractivity contribution in [2.45, 2.75) is 11.4 Å². The van der Waals surface area contributed by atoms with Crippen molar-refractivity contribution in [1.29, 1.82) is 0 Å². The Kier molecular flexibility index (Phi) is 9.52. The van der Waals surface area contributed by atoms with Crippen molar-refractivity contribution < 1.29 is 12.8 Å². The molecule has 0 saturated heterocycles. The minimum atomic E-state index is -3.51. The molecular formula is C17H22FIN4O2S. The highest BCUT2D eigenvalue weighted by atomic mass is 127. The Balaban J connectivity index is 0.00000338. The quantitative estimate of drug-likeness (QED) is 0.239. The highest BCUT2D eigenvalue weighted by Gasteiger charge is 2.11. The molecule has 0 radical (unpaired) electrons. The van der Waals surface area contributed by atoms with Crippen LogP contribution in [-0.4, -0.2) is 34.5 Å². The van der Waals surface area contributed by atoms with Gasteiger partial charge in [0.05, 0.1) is 4.90 Å². The van der Waals surface area contributed by atoms with E-state index < -0.39 is 10.0 Å². The summed E-state index contributed by atoms with van der Waals surface area (Å²) >= 11 is 0. The smallest absolute Gasteiger partial charge is 0.240 e. The fraction of sp³-hybridized carbons (Fsp3) is 0.235. The number of benzene rings is 2. The molecule has 0 fully saturated rings. The lowest BCUT2D eigenvalue weighted by atomic mass is 10.2. The molecule has 2 aromatic carbocycles. The van der Waals surface area contributed by atoms with Crippen LogP contribution in [0.4, 0.5) is 4.39 Å². The monoisotopic (exact) mass is 492 g/mol. The molecule has 0 bridgehead atoms. The molecule has 2 aromatic rings. The molecule has 0 aliphatic carbocycles. The average molecular weight is 492 g/mol. The maximum Gasteiger partial charge on any atom is 0.240 e. The summed E-state index contributed by atoms with van der Waals surface area (Å²) in [5, 5.41) is 6.09. The Morgan fingerprint density at radius 2 is 1.65 bits per heavy atom. The first kappa shape index (κ1) is 22.3. The third-order valence-electron chi connectivity index (χ3n) is 3.36. The summed E-state index contributed by atoms with van der Waals surface area (Å²) in [5.74, 6) is 0.250. The summed E-state index contributed by atoms with van der Waals surface area (Å²) in [6, 6.07) is 14.3. The number of rotatable bonds is 7. The predicted octanol–water partition coefficient (Wildman–Crippen LogP) is 2.09. The molecule has 0 unspecified atom stereocenters. The van der Waals surface area contributed by atoms with Gasteiger partial charge in [-0.1, -0.05) is 30.3 Å². The molecular weight excluding hydrogens is 470 g/mol. The number of sulfonamides is 1. The van der Waals surface area contributed by atoms with E-state index in [1.807, 2.05) is 0 Å². The number of guanidine groups is 1. The summed E-state index contributed by atoms with van der Waals surface area (Å²) in [4.78, 5) is 4.29. The third-order valence-corrected chi connectivity index (χ3v) is 4.84. The van der Waals surface area contributed by atoms with E-state index in [0.717, 1.165) is 5.56 Å². The summed E-state index contributed by atoms with van der Waals surface area (Å²) in [6.45, 7) is 1.07. The number of nitrogens with zero attached hydrogens (tertiary/aromatic N) is 1. The van der Waals surface area contributed by atoms with Gasteiger partial charge in [-0.2, -0.15) is 0 Å². The van der Waals surface area contributed by atoms with E-state index in [1.54, 1.807) is 49.5 Å². The van der Waals surface area contributed by atoms with Crippen molar-refractivity contribution >= 4 is 40.0 Å². The van der Waals surface area contributed by atoms with Gasteiger partial charge < -0.3 is 10.6 Å². The lowest BCUT2D eigenvalue weighted by Gasteiger charge is -2.12. The summed E-state index contributed by atoms with van der Waals surface area (Å²) in [6.07, 6.45) is 0.